The molecule has 1 aliphatic heterocycles. The molecule has 2 N–H and O–H groups in total. The summed E-state index contributed by atoms with van der Waals surface area (Å²) in [6.45, 7) is 0. The van der Waals surface area contributed by atoms with Crippen LogP contribution in [0.1, 0.15) is 24.0 Å². The zero-order chi connectivity index (χ0) is 21.1. The number of carbonyl (C=O) groups excluding carboxylic acids is 1. The number of aromatic nitrogens is 2. The number of amides is 2. The number of fused-ring (bicyclic) bond motifs is 5. The van der Waals surface area contributed by atoms with Crippen molar-refractivity contribution in [3.63, 3.8) is 0 Å². The van der Waals surface area contributed by atoms with Crippen LogP contribution in [-0.2, 0) is 11.7 Å². The number of alkyl halides is 3. The molecule has 1 fully saturated rings. The molecule has 0 unspecified atom stereocenters. The molecular weight excluding hydrogens is 417 g/mol. The quantitative estimate of drug-likeness (QED) is 0.580. The highest BCUT2D eigenvalue weighted by Gasteiger charge is 2.52. The van der Waals surface area contributed by atoms with Gasteiger partial charge >= 0.3 is 12.2 Å². The number of imidazole rings is 1. The smallest absolute Gasteiger partial charge is 0.335 e. The van der Waals surface area contributed by atoms with E-state index in [-0.39, 0.29) is 17.3 Å². The SMILES string of the molecule is O=C(Nc1ccc(C(F)(F)F)c(Cl)c1)NC1CC2(C1)c1ccccc1-c1cncn12. The maximum absolute atomic E-state index is 12.8. The van der Waals surface area contributed by atoms with E-state index in [2.05, 4.69) is 32.3 Å². The molecule has 5 nitrogen and oxygen atoms in total. The van der Waals surface area contributed by atoms with Crippen molar-refractivity contribution < 1.29 is 18.0 Å². The molecule has 2 aromatic carbocycles. The summed E-state index contributed by atoms with van der Waals surface area (Å²) in [5, 5.41) is 4.98. The van der Waals surface area contributed by atoms with E-state index in [0.717, 1.165) is 23.4 Å². The van der Waals surface area contributed by atoms with Crippen molar-refractivity contribution in [2.45, 2.75) is 30.6 Å². The van der Waals surface area contributed by atoms with Gasteiger partial charge in [0.1, 0.15) is 0 Å². The summed E-state index contributed by atoms with van der Waals surface area (Å²) in [4.78, 5) is 16.6. The third-order valence-corrected chi connectivity index (χ3v) is 6.15. The Balaban J connectivity index is 1.27. The lowest BCUT2D eigenvalue weighted by Gasteiger charge is -2.47. The number of benzene rings is 2. The van der Waals surface area contributed by atoms with Crippen LogP contribution < -0.4 is 10.6 Å². The van der Waals surface area contributed by atoms with E-state index in [9.17, 15) is 18.0 Å². The molecule has 1 aromatic heterocycles. The number of hydrogen-bond donors (Lipinski definition) is 2. The molecular formula is C21H16ClF3N4O. The molecule has 2 aliphatic rings. The third kappa shape index (κ3) is 2.86. The molecule has 1 saturated carbocycles. The molecule has 30 heavy (non-hydrogen) atoms. The lowest BCUT2D eigenvalue weighted by atomic mass is 9.68. The van der Waals surface area contributed by atoms with Crippen molar-refractivity contribution in [3.8, 4) is 11.3 Å². The highest BCUT2D eigenvalue weighted by atomic mass is 35.5. The van der Waals surface area contributed by atoms with Gasteiger partial charge in [-0.25, -0.2) is 9.78 Å². The molecule has 5 rings (SSSR count). The van der Waals surface area contributed by atoms with Crippen LogP contribution in [-0.4, -0.2) is 21.6 Å². The Bertz CT molecular complexity index is 1150. The molecule has 0 saturated heterocycles. The van der Waals surface area contributed by atoms with E-state index >= 15 is 0 Å². The maximum atomic E-state index is 12.8. The summed E-state index contributed by atoms with van der Waals surface area (Å²) in [6, 6.07) is 10.7. The normalized spacial score (nSPS) is 21.7. The molecule has 2 amide bonds. The second-order valence-corrected chi connectivity index (χ2v) is 8.03. The largest absolute Gasteiger partial charge is 0.417 e. The number of urea groups is 1. The first-order valence-electron chi connectivity index (χ1n) is 9.35. The summed E-state index contributed by atoms with van der Waals surface area (Å²) in [5.41, 5.74) is 2.47. The monoisotopic (exact) mass is 432 g/mol. The van der Waals surface area contributed by atoms with E-state index in [1.165, 1.54) is 11.6 Å². The van der Waals surface area contributed by atoms with Gasteiger partial charge in [-0.2, -0.15) is 13.2 Å². The van der Waals surface area contributed by atoms with Gasteiger partial charge in [-0.05, 0) is 36.6 Å². The minimum absolute atomic E-state index is 0.0728. The minimum Gasteiger partial charge on any atom is -0.335 e. The Morgan fingerprint density at radius 3 is 2.70 bits per heavy atom. The van der Waals surface area contributed by atoms with Crippen molar-refractivity contribution >= 4 is 23.3 Å². The van der Waals surface area contributed by atoms with E-state index in [1.807, 2.05) is 24.7 Å². The fourth-order valence-corrected chi connectivity index (χ4v) is 4.81. The molecule has 3 aromatic rings. The van der Waals surface area contributed by atoms with Crippen LogP contribution in [0.25, 0.3) is 11.3 Å². The Morgan fingerprint density at radius 2 is 1.97 bits per heavy atom. The maximum Gasteiger partial charge on any atom is 0.417 e. The number of halogens is 4. The summed E-state index contributed by atoms with van der Waals surface area (Å²) in [6.07, 6.45) is 0.524. The number of nitrogens with zero attached hydrogens (tertiary/aromatic N) is 2. The molecule has 2 heterocycles. The van der Waals surface area contributed by atoms with Crippen LogP contribution in [0.15, 0.2) is 55.0 Å². The predicted octanol–water partition coefficient (Wildman–Crippen LogP) is 5.26. The zero-order valence-corrected chi connectivity index (χ0v) is 16.3. The average molecular weight is 433 g/mol. The Kier molecular flexibility index (Phi) is 4.12. The van der Waals surface area contributed by atoms with E-state index in [4.69, 9.17) is 11.6 Å². The van der Waals surface area contributed by atoms with Gasteiger partial charge in [0.05, 0.1) is 34.3 Å². The van der Waals surface area contributed by atoms with Gasteiger partial charge < -0.3 is 15.2 Å². The van der Waals surface area contributed by atoms with Crippen molar-refractivity contribution in [1.29, 1.82) is 0 Å². The fraction of sp³-hybridized carbons (Fsp3) is 0.238. The molecule has 1 spiro atoms. The number of anilines is 1. The van der Waals surface area contributed by atoms with E-state index < -0.39 is 22.8 Å². The number of carbonyl (C=O) groups is 1. The first kappa shape index (κ1) is 19.0. The summed E-state index contributed by atoms with van der Waals surface area (Å²) < 4.78 is 40.6. The van der Waals surface area contributed by atoms with Crippen molar-refractivity contribution in [2.24, 2.45) is 0 Å². The van der Waals surface area contributed by atoms with E-state index in [0.29, 0.717) is 12.8 Å². The summed E-state index contributed by atoms with van der Waals surface area (Å²) >= 11 is 5.71. The summed E-state index contributed by atoms with van der Waals surface area (Å²) in [5.74, 6) is 0. The second kappa shape index (κ2) is 6.50. The van der Waals surface area contributed by atoms with Crippen LogP contribution >= 0.6 is 11.6 Å². The van der Waals surface area contributed by atoms with Crippen molar-refractivity contribution in [2.75, 3.05) is 5.32 Å². The van der Waals surface area contributed by atoms with Gasteiger partial charge in [-0.1, -0.05) is 35.9 Å². The van der Waals surface area contributed by atoms with Gasteiger partial charge in [0.2, 0.25) is 0 Å². The van der Waals surface area contributed by atoms with Gasteiger partial charge in [0.25, 0.3) is 0 Å². The van der Waals surface area contributed by atoms with Crippen molar-refractivity contribution in [1.82, 2.24) is 14.9 Å². The Labute approximate surface area is 174 Å². The van der Waals surface area contributed by atoms with Gasteiger partial charge in [0, 0.05) is 17.3 Å². The van der Waals surface area contributed by atoms with Crippen LogP contribution in [0, 0.1) is 0 Å². The average Bonchev–Trinajstić information content (AvgIpc) is 3.21. The lowest BCUT2D eigenvalue weighted by Crippen LogP contribution is -2.56. The molecule has 0 bridgehead atoms. The standard InChI is InChI=1S/C21H16ClF3N4O/c22-17-7-12(5-6-16(17)21(23,24)25)27-19(30)28-13-8-20(9-13)15-4-2-1-3-14(15)18-10-26-11-29(18)20/h1-7,10-11,13H,8-9H2,(H2,27,28,30). The molecule has 154 valence electrons. The first-order chi connectivity index (χ1) is 14.3. The number of hydrogen-bond acceptors (Lipinski definition) is 2. The number of nitrogens with one attached hydrogen (secondary N) is 2. The van der Waals surface area contributed by atoms with Gasteiger partial charge in [-0.15, -0.1) is 0 Å². The number of rotatable bonds is 2. The zero-order valence-electron chi connectivity index (χ0n) is 15.5. The van der Waals surface area contributed by atoms with Gasteiger partial charge in [-0.3, -0.25) is 0 Å². The van der Waals surface area contributed by atoms with Crippen molar-refractivity contribution in [3.05, 3.63) is 71.1 Å². The summed E-state index contributed by atoms with van der Waals surface area (Å²) in [7, 11) is 0. The minimum atomic E-state index is -4.54. The highest BCUT2D eigenvalue weighted by Crippen LogP contribution is 2.54. The topological polar surface area (TPSA) is 59.0 Å². The van der Waals surface area contributed by atoms with Crippen LogP contribution in [0.4, 0.5) is 23.7 Å². The van der Waals surface area contributed by atoms with Gasteiger partial charge in [0.15, 0.2) is 0 Å². The molecule has 1 aliphatic carbocycles. The predicted molar refractivity (Wildman–Crippen MR) is 106 cm³/mol. The van der Waals surface area contributed by atoms with Crippen LogP contribution in [0.2, 0.25) is 5.02 Å². The lowest BCUT2D eigenvalue weighted by molar-refractivity contribution is -0.137. The molecule has 0 atom stereocenters. The molecule has 9 heteroatoms. The second-order valence-electron chi connectivity index (χ2n) is 7.62. The fourth-order valence-electron chi connectivity index (χ4n) is 4.53. The third-order valence-electron chi connectivity index (χ3n) is 5.84. The van der Waals surface area contributed by atoms with Crippen LogP contribution in [0.5, 0.6) is 0 Å². The Hall–Kier alpha value is -3.00. The Morgan fingerprint density at radius 1 is 1.20 bits per heavy atom. The molecule has 0 radical (unpaired) electrons. The highest BCUT2D eigenvalue weighted by molar-refractivity contribution is 6.31. The first-order valence-corrected chi connectivity index (χ1v) is 9.73. The van der Waals surface area contributed by atoms with E-state index in [1.54, 1.807) is 0 Å². The van der Waals surface area contributed by atoms with Crippen LogP contribution in [0.3, 0.4) is 0 Å².